The van der Waals surface area contributed by atoms with Gasteiger partial charge in [0.15, 0.2) is 0 Å². The van der Waals surface area contributed by atoms with E-state index in [4.69, 9.17) is 10.5 Å². The number of hydrogen-bond donors (Lipinski definition) is 1. The van der Waals surface area contributed by atoms with Gasteiger partial charge >= 0.3 is 5.69 Å². The highest BCUT2D eigenvalue weighted by Crippen LogP contribution is 2.36. The lowest BCUT2D eigenvalue weighted by Crippen LogP contribution is -2.46. The van der Waals surface area contributed by atoms with Gasteiger partial charge in [0.2, 0.25) is 17.6 Å². The Morgan fingerprint density at radius 2 is 1.62 bits per heavy atom. The lowest BCUT2D eigenvalue weighted by Gasteiger charge is -2.37. The average molecular weight is 364 g/mol. The van der Waals surface area contributed by atoms with Gasteiger partial charge in [0.1, 0.15) is 0 Å². The van der Waals surface area contributed by atoms with Crippen molar-refractivity contribution in [1.82, 2.24) is 9.97 Å². The van der Waals surface area contributed by atoms with Crippen LogP contribution >= 0.6 is 0 Å². The first-order valence-electron chi connectivity index (χ1n) is 9.21. The summed E-state index contributed by atoms with van der Waals surface area (Å²) in [6.45, 7) is 11.0. The molecule has 2 N–H and O–H groups in total. The molecule has 3 heterocycles. The fraction of sp³-hybridized carbons (Fsp3) is 0.765. The van der Waals surface area contributed by atoms with Gasteiger partial charge in [-0.3, -0.25) is 10.1 Å². The summed E-state index contributed by atoms with van der Waals surface area (Å²) >= 11 is 0. The number of anilines is 3. The first-order chi connectivity index (χ1) is 12.2. The molecule has 26 heavy (non-hydrogen) atoms. The predicted molar refractivity (Wildman–Crippen MR) is 100 cm³/mol. The van der Waals surface area contributed by atoms with Crippen LogP contribution in [-0.4, -0.2) is 53.3 Å². The molecule has 0 saturated carbocycles. The van der Waals surface area contributed by atoms with Crippen molar-refractivity contribution >= 4 is 23.3 Å². The van der Waals surface area contributed by atoms with Gasteiger partial charge in [-0.25, -0.2) is 0 Å². The minimum atomic E-state index is -0.469. The zero-order chi connectivity index (χ0) is 19.0. The monoisotopic (exact) mass is 364 g/mol. The highest BCUT2D eigenvalue weighted by molar-refractivity contribution is 5.71. The van der Waals surface area contributed by atoms with Crippen molar-refractivity contribution in [2.24, 2.45) is 11.8 Å². The number of morpholine rings is 1. The molecule has 0 spiro atoms. The lowest BCUT2D eigenvalue weighted by molar-refractivity contribution is -0.383. The van der Waals surface area contributed by atoms with E-state index >= 15 is 0 Å². The summed E-state index contributed by atoms with van der Waals surface area (Å²) in [6, 6.07) is 0. The molecule has 0 aliphatic carbocycles. The zero-order valence-corrected chi connectivity index (χ0v) is 15.9. The molecule has 0 bridgehead atoms. The van der Waals surface area contributed by atoms with Gasteiger partial charge in [-0.2, -0.15) is 9.97 Å². The third-order valence-corrected chi connectivity index (χ3v) is 4.93. The van der Waals surface area contributed by atoms with Gasteiger partial charge in [0.05, 0.1) is 17.1 Å². The Bertz CT molecular complexity index is 665. The Labute approximate surface area is 153 Å². The van der Waals surface area contributed by atoms with E-state index < -0.39 is 4.92 Å². The zero-order valence-electron chi connectivity index (χ0n) is 15.9. The molecule has 0 aromatic carbocycles. The van der Waals surface area contributed by atoms with Crippen molar-refractivity contribution in [3.8, 4) is 0 Å². The van der Waals surface area contributed by atoms with E-state index in [1.807, 2.05) is 23.6 Å². The van der Waals surface area contributed by atoms with E-state index in [0.717, 1.165) is 19.5 Å². The molecule has 0 unspecified atom stereocenters. The Kier molecular flexibility index (Phi) is 5.17. The second-order valence-electron chi connectivity index (χ2n) is 7.85. The molecule has 2 aliphatic heterocycles. The van der Waals surface area contributed by atoms with E-state index in [1.165, 1.54) is 0 Å². The van der Waals surface area contributed by atoms with E-state index in [-0.39, 0.29) is 23.7 Å². The molecule has 9 nitrogen and oxygen atoms in total. The molecule has 1 aromatic heterocycles. The van der Waals surface area contributed by atoms with Crippen LogP contribution in [0.2, 0.25) is 0 Å². The summed E-state index contributed by atoms with van der Waals surface area (Å²) in [5, 5.41) is 11.6. The maximum atomic E-state index is 11.6. The van der Waals surface area contributed by atoms with Crippen LogP contribution in [0.5, 0.6) is 0 Å². The third-order valence-electron chi connectivity index (χ3n) is 4.93. The van der Waals surface area contributed by atoms with Gasteiger partial charge in [-0.05, 0) is 32.1 Å². The number of piperidine rings is 1. The van der Waals surface area contributed by atoms with E-state index in [2.05, 4.69) is 23.8 Å². The van der Waals surface area contributed by atoms with Crippen LogP contribution in [-0.2, 0) is 4.74 Å². The van der Waals surface area contributed by atoms with Crippen LogP contribution in [0.3, 0.4) is 0 Å². The lowest BCUT2D eigenvalue weighted by atomic mass is 9.92. The number of aromatic nitrogens is 2. The highest BCUT2D eigenvalue weighted by Gasteiger charge is 2.33. The SMILES string of the molecule is C[C@@H]1C[C@H](C)CN(c2nc(N3C[C@@H](C)O[C@H](C)C3)nc(N)c2[N+](=O)[O-])C1. The van der Waals surface area contributed by atoms with Crippen LogP contribution in [0.1, 0.15) is 34.1 Å². The number of rotatable bonds is 3. The maximum Gasteiger partial charge on any atom is 0.353 e. The Morgan fingerprint density at radius 1 is 1.04 bits per heavy atom. The molecule has 9 heteroatoms. The van der Waals surface area contributed by atoms with Crippen molar-refractivity contribution in [3.05, 3.63) is 10.1 Å². The number of nitrogen functional groups attached to an aromatic ring is 1. The van der Waals surface area contributed by atoms with Crippen molar-refractivity contribution in [3.63, 3.8) is 0 Å². The molecular weight excluding hydrogens is 336 g/mol. The topological polar surface area (TPSA) is 111 Å². The summed E-state index contributed by atoms with van der Waals surface area (Å²) in [7, 11) is 0. The predicted octanol–water partition coefficient (Wildman–Crippen LogP) is 2.06. The average Bonchev–Trinajstić information content (AvgIpc) is 2.51. The quantitative estimate of drug-likeness (QED) is 0.641. The van der Waals surface area contributed by atoms with E-state index in [1.54, 1.807) is 0 Å². The summed E-state index contributed by atoms with van der Waals surface area (Å²) in [5.74, 6) is 1.59. The third kappa shape index (κ3) is 3.82. The molecule has 3 rings (SSSR count). The molecule has 4 atom stereocenters. The van der Waals surface area contributed by atoms with Gasteiger partial charge in [0, 0.05) is 26.2 Å². The largest absolute Gasteiger partial charge is 0.378 e. The molecule has 144 valence electrons. The van der Waals surface area contributed by atoms with Gasteiger partial charge < -0.3 is 20.3 Å². The number of nitro groups is 1. The second kappa shape index (κ2) is 7.22. The summed E-state index contributed by atoms with van der Waals surface area (Å²) in [6.07, 6.45) is 1.19. The minimum Gasteiger partial charge on any atom is -0.378 e. The molecule has 1 aromatic rings. The van der Waals surface area contributed by atoms with Crippen molar-refractivity contribution in [2.45, 2.75) is 46.3 Å². The molecular formula is C17H28N6O3. The maximum absolute atomic E-state index is 11.6. The van der Waals surface area contributed by atoms with Crippen LogP contribution in [0.25, 0.3) is 0 Å². The Hall–Kier alpha value is -2.16. The van der Waals surface area contributed by atoms with E-state index in [0.29, 0.717) is 36.7 Å². The second-order valence-corrected chi connectivity index (χ2v) is 7.85. The minimum absolute atomic E-state index is 0.0391. The number of nitrogens with two attached hydrogens (primary N) is 1. The Balaban J connectivity index is 2.01. The van der Waals surface area contributed by atoms with Crippen molar-refractivity contribution < 1.29 is 9.66 Å². The van der Waals surface area contributed by atoms with Crippen LogP contribution < -0.4 is 15.5 Å². The summed E-state index contributed by atoms with van der Waals surface area (Å²) < 4.78 is 5.76. The molecule has 2 saturated heterocycles. The number of hydrogen-bond acceptors (Lipinski definition) is 8. The summed E-state index contributed by atoms with van der Waals surface area (Å²) in [4.78, 5) is 24.0. The van der Waals surface area contributed by atoms with Gasteiger partial charge in [0.25, 0.3) is 0 Å². The summed E-state index contributed by atoms with van der Waals surface area (Å²) in [5.41, 5.74) is 5.81. The van der Waals surface area contributed by atoms with Crippen LogP contribution in [0.15, 0.2) is 0 Å². The molecule has 2 aliphatic rings. The molecule has 0 amide bonds. The van der Waals surface area contributed by atoms with E-state index in [9.17, 15) is 10.1 Å². The normalized spacial score (nSPS) is 29.7. The van der Waals surface area contributed by atoms with Gasteiger partial charge in [-0.15, -0.1) is 0 Å². The fourth-order valence-electron chi connectivity index (χ4n) is 4.16. The first kappa shape index (κ1) is 18.6. The van der Waals surface area contributed by atoms with Crippen LogP contribution in [0.4, 0.5) is 23.3 Å². The first-order valence-corrected chi connectivity index (χ1v) is 9.21. The number of ether oxygens (including phenoxy) is 1. The van der Waals surface area contributed by atoms with Crippen molar-refractivity contribution in [1.29, 1.82) is 0 Å². The fourth-order valence-corrected chi connectivity index (χ4v) is 4.16. The van der Waals surface area contributed by atoms with Gasteiger partial charge in [-0.1, -0.05) is 13.8 Å². The van der Waals surface area contributed by atoms with Crippen molar-refractivity contribution in [2.75, 3.05) is 41.7 Å². The standard InChI is InChI=1S/C17H28N6O3/c1-10-5-11(2)7-21(6-10)16-14(23(24)25)15(18)19-17(20-16)22-8-12(3)26-13(4)9-22/h10-13H,5-9H2,1-4H3,(H2,18,19,20)/t10-,11+,12-,13-/m1/s1. The smallest absolute Gasteiger partial charge is 0.353 e. The highest BCUT2D eigenvalue weighted by atomic mass is 16.6. The Morgan fingerprint density at radius 3 is 2.15 bits per heavy atom. The number of nitrogens with zero attached hydrogens (tertiary/aromatic N) is 5. The molecule has 2 fully saturated rings. The van der Waals surface area contributed by atoms with Crippen LogP contribution in [0, 0.1) is 22.0 Å². The molecule has 0 radical (unpaired) electrons.